The topological polar surface area (TPSA) is 17.1 Å². The summed E-state index contributed by atoms with van der Waals surface area (Å²) < 4.78 is 0. The summed E-state index contributed by atoms with van der Waals surface area (Å²) in [4.78, 5) is 10.7. The maximum Gasteiger partial charge on any atom is 0.123 e. The lowest BCUT2D eigenvalue weighted by atomic mass is 9.90. The lowest BCUT2D eigenvalue weighted by Gasteiger charge is -2.13. The van der Waals surface area contributed by atoms with Crippen LogP contribution in [0.25, 0.3) is 0 Å². The number of carbonyl (C=O) groups excluding carboxylic acids is 1. The van der Waals surface area contributed by atoms with Gasteiger partial charge >= 0.3 is 0 Å². The maximum absolute atomic E-state index is 10.7. The summed E-state index contributed by atoms with van der Waals surface area (Å²) >= 11 is 0. The summed E-state index contributed by atoms with van der Waals surface area (Å²) in [5.41, 5.74) is 0.975. The molecule has 1 atom stereocenters. The van der Waals surface area contributed by atoms with Crippen molar-refractivity contribution in [3.63, 3.8) is 0 Å². The molecule has 0 fully saturated rings. The second-order valence-electron chi connectivity index (χ2n) is 4.27. The lowest BCUT2D eigenvalue weighted by molar-refractivity contribution is 0.508. The molecule has 1 heteroatoms. The molecule has 0 aliphatic carbocycles. The fraction of sp³-hybridized carbons (Fsp3) is 0.833. The Balaban J connectivity index is 4.01. The van der Waals surface area contributed by atoms with E-state index in [1.54, 1.807) is 0 Å². The van der Waals surface area contributed by atoms with E-state index in [0.717, 1.165) is 18.4 Å². The third-order valence-corrected chi connectivity index (χ3v) is 2.34. The van der Waals surface area contributed by atoms with E-state index >= 15 is 0 Å². The zero-order valence-corrected chi connectivity index (χ0v) is 9.39. The van der Waals surface area contributed by atoms with Gasteiger partial charge in [0.05, 0.1) is 0 Å². The summed E-state index contributed by atoms with van der Waals surface area (Å²) in [5.74, 6) is 3.11. The first-order valence-corrected chi connectivity index (χ1v) is 5.35. The van der Waals surface area contributed by atoms with E-state index in [1.807, 2.05) is 0 Å². The first kappa shape index (κ1) is 12.4. The van der Waals surface area contributed by atoms with Gasteiger partial charge in [0.1, 0.15) is 5.94 Å². The van der Waals surface area contributed by atoms with Gasteiger partial charge in [-0.1, -0.05) is 40.5 Å². The highest BCUT2D eigenvalue weighted by molar-refractivity contribution is 5.53. The molecule has 13 heavy (non-hydrogen) atoms. The molecule has 0 aromatic rings. The van der Waals surface area contributed by atoms with E-state index in [4.69, 9.17) is 0 Å². The average molecular weight is 182 g/mol. The van der Waals surface area contributed by atoms with Crippen LogP contribution in [0.15, 0.2) is 5.57 Å². The van der Waals surface area contributed by atoms with Gasteiger partial charge in [-0.25, -0.2) is 4.79 Å². The Kier molecular flexibility index (Phi) is 6.62. The van der Waals surface area contributed by atoms with Crippen molar-refractivity contribution in [2.75, 3.05) is 0 Å². The molecule has 0 saturated heterocycles. The molecular weight excluding hydrogens is 160 g/mol. The van der Waals surface area contributed by atoms with E-state index < -0.39 is 0 Å². The van der Waals surface area contributed by atoms with Crippen LogP contribution in [0.2, 0.25) is 0 Å². The third-order valence-electron chi connectivity index (χ3n) is 2.34. The average Bonchev–Trinajstić information content (AvgIpc) is 2.09. The van der Waals surface area contributed by atoms with Crippen molar-refractivity contribution >= 4 is 5.94 Å². The van der Waals surface area contributed by atoms with Crippen LogP contribution in [0.3, 0.4) is 0 Å². The standard InChI is InChI=1S/C12H22O/c1-5-6-7-11(4)12(9-13)8-10(2)3/h10-11H,5-8H2,1-4H3. The van der Waals surface area contributed by atoms with Crippen LogP contribution in [0.4, 0.5) is 0 Å². The predicted molar refractivity (Wildman–Crippen MR) is 57.4 cm³/mol. The van der Waals surface area contributed by atoms with Crippen LogP contribution < -0.4 is 0 Å². The fourth-order valence-corrected chi connectivity index (χ4v) is 1.47. The summed E-state index contributed by atoms with van der Waals surface area (Å²) in [6.45, 7) is 8.60. The first-order chi connectivity index (χ1) is 6.11. The van der Waals surface area contributed by atoms with Crippen LogP contribution >= 0.6 is 0 Å². The fourth-order valence-electron chi connectivity index (χ4n) is 1.47. The molecule has 0 aliphatic rings. The molecule has 0 heterocycles. The lowest BCUT2D eigenvalue weighted by Crippen LogP contribution is -2.03. The first-order valence-electron chi connectivity index (χ1n) is 5.35. The minimum absolute atomic E-state index is 0.430. The Morgan fingerprint density at radius 2 is 1.92 bits per heavy atom. The monoisotopic (exact) mass is 182 g/mol. The molecule has 1 nitrogen and oxygen atoms in total. The van der Waals surface area contributed by atoms with Gasteiger partial charge in [0.25, 0.3) is 0 Å². The Hall–Kier alpha value is -0.550. The van der Waals surface area contributed by atoms with Crippen LogP contribution in [0, 0.1) is 11.8 Å². The Labute approximate surface area is 82.2 Å². The third kappa shape index (κ3) is 5.65. The van der Waals surface area contributed by atoms with Crippen LogP contribution in [0.1, 0.15) is 53.4 Å². The summed E-state index contributed by atoms with van der Waals surface area (Å²) in [7, 11) is 0. The number of unbranched alkanes of at least 4 members (excludes halogenated alkanes) is 1. The predicted octanol–water partition coefficient (Wildman–Crippen LogP) is 3.62. The second-order valence-corrected chi connectivity index (χ2v) is 4.27. The van der Waals surface area contributed by atoms with E-state index in [-0.39, 0.29) is 0 Å². The van der Waals surface area contributed by atoms with Gasteiger partial charge < -0.3 is 0 Å². The Morgan fingerprint density at radius 3 is 2.31 bits per heavy atom. The molecular formula is C12H22O. The van der Waals surface area contributed by atoms with E-state index in [9.17, 15) is 4.79 Å². The molecule has 0 saturated carbocycles. The number of rotatable bonds is 6. The van der Waals surface area contributed by atoms with Crippen molar-refractivity contribution in [2.45, 2.75) is 53.4 Å². The van der Waals surface area contributed by atoms with Gasteiger partial charge in [-0.05, 0) is 24.7 Å². The smallest absolute Gasteiger partial charge is 0.123 e. The highest BCUT2D eigenvalue weighted by Crippen LogP contribution is 2.21. The van der Waals surface area contributed by atoms with Crippen molar-refractivity contribution in [1.82, 2.24) is 0 Å². The summed E-state index contributed by atoms with van der Waals surface area (Å²) in [6, 6.07) is 0. The molecule has 1 unspecified atom stereocenters. The normalized spacial score (nSPS) is 12.7. The van der Waals surface area contributed by atoms with Crippen LogP contribution in [0.5, 0.6) is 0 Å². The molecule has 0 N–H and O–H groups in total. The molecule has 0 aliphatic heterocycles. The summed E-state index contributed by atoms with van der Waals surface area (Å²) in [6.07, 6.45) is 4.46. The molecule has 0 amide bonds. The molecule has 0 bridgehead atoms. The Bertz CT molecular complexity index is 176. The number of hydrogen-bond donors (Lipinski definition) is 0. The number of hydrogen-bond acceptors (Lipinski definition) is 1. The van der Waals surface area contributed by atoms with Gasteiger partial charge in [0.15, 0.2) is 0 Å². The van der Waals surface area contributed by atoms with E-state index in [0.29, 0.717) is 11.8 Å². The molecule has 76 valence electrons. The highest BCUT2D eigenvalue weighted by Gasteiger charge is 2.10. The largest absolute Gasteiger partial charge is 0.234 e. The zero-order valence-electron chi connectivity index (χ0n) is 9.39. The number of allylic oxidation sites excluding steroid dienone is 1. The van der Waals surface area contributed by atoms with Crippen molar-refractivity contribution < 1.29 is 4.79 Å². The molecule has 0 aromatic heterocycles. The SMILES string of the molecule is CCCCC(C)C(=C=O)CC(C)C. The Morgan fingerprint density at radius 1 is 1.31 bits per heavy atom. The van der Waals surface area contributed by atoms with Gasteiger partial charge in [-0.15, -0.1) is 0 Å². The minimum Gasteiger partial charge on any atom is -0.234 e. The van der Waals surface area contributed by atoms with Gasteiger partial charge in [0.2, 0.25) is 0 Å². The van der Waals surface area contributed by atoms with E-state index in [2.05, 4.69) is 33.6 Å². The van der Waals surface area contributed by atoms with Gasteiger partial charge in [-0.2, -0.15) is 0 Å². The maximum atomic E-state index is 10.7. The molecule has 0 radical (unpaired) electrons. The van der Waals surface area contributed by atoms with Crippen LogP contribution in [-0.2, 0) is 4.79 Å². The van der Waals surface area contributed by atoms with Crippen molar-refractivity contribution in [2.24, 2.45) is 11.8 Å². The molecule has 0 aromatic carbocycles. The minimum atomic E-state index is 0.430. The zero-order chi connectivity index (χ0) is 10.3. The van der Waals surface area contributed by atoms with Gasteiger partial charge in [0, 0.05) is 5.57 Å². The quantitative estimate of drug-likeness (QED) is 0.573. The summed E-state index contributed by atoms with van der Waals surface area (Å²) in [5, 5.41) is 0. The molecule has 0 spiro atoms. The molecule has 0 rings (SSSR count). The highest BCUT2D eigenvalue weighted by atomic mass is 16.1. The second kappa shape index (κ2) is 6.91. The van der Waals surface area contributed by atoms with Crippen molar-refractivity contribution in [1.29, 1.82) is 0 Å². The van der Waals surface area contributed by atoms with Gasteiger partial charge in [-0.3, -0.25) is 0 Å². The van der Waals surface area contributed by atoms with Crippen molar-refractivity contribution in [3.8, 4) is 0 Å². The van der Waals surface area contributed by atoms with Crippen LogP contribution in [-0.4, -0.2) is 5.94 Å². The van der Waals surface area contributed by atoms with E-state index in [1.165, 1.54) is 12.8 Å². The van der Waals surface area contributed by atoms with Crippen molar-refractivity contribution in [3.05, 3.63) is 5.57 Å².